The summed E-state index contributed by atoms with van der Waals surface area (Å²) in [5.41, 5.74) is 0.0536. The third-order valence-corrected chi connectivity index (χ3v) is 5.29. The second-order valence-corrected chi connectivity index (χ2v) is 7.96. The smallest absolute Gasteiger partial charge is 0.273 e. The van der Waals surface area contributed by atoms with Crippen LogP contribution in [-0.4, -0.2) is 36.9 Å². The van der Waals surface area contributed by atoms with E-state index in [1.54, 1.807) is 33.1 Å². The Balaban J connectivity index is 2.02. The van der Waals surface area contributed by atoms with Crippen LogP contribution in [0.5, 0.6) is 11.5 Å². The van der Waals surface area contributed by atoms with Crippen molar-refractivity contribution in [1.82, 2.24) is 9.97 Å². The van der Waals surface area contributed by atoms with Crippen LogP contribution >= 0.6 is 0 Å². The van der Waals surface area contributed by atoms with Crippen LogP contribution in [0, 0.1) is 12.7 Å². The van der Waals surface area contributed by atoms with Crippen LogP contribution in [0.25, 0.3) is 10.9 Å². The maximum atomic E-state index is 14.9. The van der Waals surface area contributed by atoms with Crippen molar-refractivity contribution in [3.8, 4) is 11.5 Å². The molecule has 0 aliphatic heterocycles. The van der Waals surface area contributed by atoms with Gasteiger partial charge in [-0.05, 0) is 26.8 Å². The lowest BCUT2D eigenvalue weighted by Crippen LogP contribution is -2.17. The molecule has 0 saturated carbocycles. The maximum absolute atomic E-state index is 14.9. The van der Waals surface area contributed by atoms with Crippen LogP contribution in [0.2, 0.25) is 0 Å². The SMILES string of the molecule is COc1cc2nc(C)nc(N[C@H](C)c3cccc(C(C)(F)F)c3F)c2cc1OC[C@@H](C)OC. The van der Waals surface area contributed by atoms with Crippen molar-refractivity contribution in [2.75, 3.05) is 26.1 Å². The van der Waals surface area contributed by atoms with Gasteiger partial charge in [0.15, 0.2) is 11.5 Å². The van der Waals surface area contributed by atoms with Gasteiger partial charge >= 0.3 is 0 Å². The molecule has 1 heterocycles. The number of benzene rings is 2. The predicted octanol–water partition coefficient (Wildman–Crippen LogP) is 5.78. The summed E-state index contributed by atoms with van der Waals surface area (Å²) in [5, 5.41) is 3.76. The van der Waals surface area contributed by atoms with Crippen LogP contribution in [0.1, 0.15) is 43.8 Å². The van der Waals surface area contributed by atoms with Gasteiger partial charge in [-0.15, -0.1) is 0 Å². The molecule has 3 rings (SSSR count). The molecular weight excluding hydrogens is 435 g/mol. The third kappa shape index (κ3) is 5.47. The third-order valence-electron chi connectivity index (χ3n) is 5.29. The molecule has 0 amide bonds. The molecule has 0 aliphatic carbocycles. The lowest BCUT2D eigenvalue weighted by atomic mass is 10.0. The van der Waals surface area contributed by atoms with Crippen LogP contribution in [-0.2, 0) is 10.7 Å². The van der Waals surface area contributed by atoms with Crippen LogP contribution in [0.15, 0.2) is 30.3 Å². The van der Waals surface area contributed by atoms with Gasteiger partial charge in [0, 0.05) is 31.0 Å². The summed E-state index contributed by atoms with van der Waals surface area (Å²) in [6.45, 7) is 6.25. The largest absolute Gasteiger partial charge is 0.493 e. The Hall–Kier alpha value is -3.07. The van der Waals surface area contributed by atoms with Gasteiger partial charge < -0.3 is 19.5 Å². The summed E-state index contributed by atoms with van der Waals surface area (Å²) in [7, 11) is 3.12. The zero-order valence-corrected chi connectivity index (χ0v) is 19.5. The van der Waals surface area contributed by atoms with Gasteiger partial charge in [0.25, 0.3) is 5.92 Å². The van der Waals surface area contributed by atoms with Crippen molar-refractivity contribution in [2.45, 2.75) is 45.8 Å². The highest BCUT2D eigenvalue weighted by Gasteiger charge is 2.30. The highest BCUT2D eigenvalue weighted by molar-refractivity contribution is 5.92. The fraction of sp³-hybridized carbons (Fsp3) is 0.417. The molecule has 3 aromatic rings. The minimum atomic E-state index is -3.29. The molecular formula is C24H28F3N3O3. The summed E-state index contributed by atoms with van der Waals surface area (Å²) in [6.07, 6.45) is -0.135. The summed E-state index contributed by atoms with van der Waals surface area (Å²) < 4.78 is 59.0. The van der Waals surface area contributed by atoms with Crippen LogP contribution in [0.3, 0.4) is 0 Å². The van der Waals surface area contributed by atoms with E-state index >= 15 is 0 Å². The number of anilines is 1. The van der Waals surface area contributed by atoms with Gasteiger partial charge in [-0.3, -0.25) is 0 Å². The Morgan fingerprint density at radius 2 is 1.82 bits per heavy atom. The van der Waals surface area contributed by atoms with E-state index in [2.05, 4.69) is 15.3 Å². The molecule has 178 valence electrons. The van der Waals surface area contributed by atoms with Gasteiger partial charge in [-0.25, -0.2) is 23.1 Å². The lowest BCUT2D eigenvalue weighted by molar-refractivity contribution is 0.0136. The van der Waals surface area contributed by atoms with Crippen molar-refractivity contribution < 1.29 is 27.4 Å². The second kappa shape index (κ2) is 9.82. The van der Waals surface area contributed by atoms with Gasteiger partial charge in [-0.2, -0.15) is 0 Å². The highest BCUT2D eigenvalue weighted by Crippen LogP contribution is 2.37. The first kappa shape index (κ1) is 24.6. The first-order valence-electron chi connectivity index (χ1n) is 10.5. The molecule has 0 fully saturated rings. The first-order valence-corrected chi connectivity index (χ1v) is 10.5. The van der Waals surface area contributed by atoms with Gasteiger partial charge in [0.2, 0.25) is 0 Å². The number of halogens is 3. The Morgan fingerprint density at radius 1 is 1.09 bits per heavy atom. The average Bonchev–Trinajstić information content (AvgIpc) is 2.76. The van der Waals surface area contributed by atoms with E-state index in [1.807, 2.05) is 6.92 Å². The molecule has 9 heteroatoms. The monoisotopic (exact) mass is 463 g/mol. The number of ether oxygens (including phenoxy) is 3. The Labute approximate surface area is 191 Å². The molecule has 0 unspecified atom stereocenters. The molecule has 1 N–H and O–H groups in total. The number of methoxy groups -OCH3 is 2. The number of alkyl halides is 2. The van der Waals surface area contributed by atoms with Gasteiger partial charge in [0.1, 0.15) is 24.1 Å². The number of nitrogens with one attached hydrogen (secondary N) is 1. The van der Waals surface area contributed by atoms with Crippen LogP contribution in [0.4, 0.5) is 19.0 Å². The molecule has 2 atom stereocenters. The van der Waals surface area contributed by atoms with Crippen molar-refractivity contribution in [1.29, 1.82) is 0 Å². The van der Waals surface area contributed by atoms with Crippen molar-refractivity contribution in [3.63, 3.8) is 0 Å². The summed E-state index contributed by atoms with van der Waals surface area (Å²) in [6, 6.07) is 6.79. The quantitative estimate of drug-likeness (QED) is 0.434. The fourth-order valence-electron chi connectivity index (χ4n) is 3.42. The molecule has 0 radical (unpaired) electrons. The molecule has 2 aromatic carbocycles. The number of nitrogens with zero attached hydrogens (tertiary/aromatic N) is 2. The first-order chi connectivity index (χ1) is 15.5. The molecule has 0 aliphatic rings. The van der Waals surface area contributed by atoms with Gasteiger partial charge in [-0.1, -0.05) is 18.2 Å². The Kier molecular flexibility index (Phi) is 7.31. The molecule has 0 spiro atoms. The van der Waals surface area contributed by atoms with E-state index in [0.717, 1.165) is 6.07 Å². The molecule has 33 heavy (non-hydrogen) atoms. The summed E-state index contributed by atoms with van der Waals surface area (Å²) in [5.74, 6) is -2.37. The average molecular weight is 464 g/mol. The highest BCUT2D eigenvalue weighted by atomic mass is 19.3. The zero-order chi connectivity index (χ0) is 24.3. The predicted molar refractivity (Wildman–Crippen MR) is 121 cm³/mol. The second-order valence-electron chi connectivity index (χ2n) is 7.96. The van der Waals surface area contributed by atoms with Crippen molar-refractivity contribution in [2.24, 2.45) is 0 Å². The summed E-state index contributed by atoms with van der Waals surface area (Å²) in [4.78, 5) is 8.92. The number of aromatic nitrogens is 2. The Morgan fingerprint density at radius 3 is 2.45 bits per heavy atom. The number of fused-ring (bicyclic) bond motifs is 1. The zero-order valence-electron chi connectivity index (χ0n) is 19.5. The summed E-state index contributed by atoms with van der Waals surface area (Å²) >= 11 is 0. The van der Waals surface area contributed by atoms with E-state index in [1.165, 1.54) is 19.2 Å². The minimum Gasteiger partial charge on any atom is -0.493 e. The van der Waals surface area contributed by atoms with Crippen molar-refractivity contribution >= 4 is 16.7 Å². The molecule has 6 nitrogen and oxygen atoms in total. The van der Waals surface area contributed by atoms with E-state index in [-0.39, 0.29) is 11.7 Å². The normalized spacial score (nSPS) is 13.6. The van der Waals surface area contributed by atoms with Crippen molar-refractivity contribution in [3.05, 3.63) is 53.1 Å². The standard InChI is InChI=1S/C24H28F3N3O3/c1-13(31-5)12-33-21-10-17-19(11-20(21)32-6)29-15(3)30-23(17)28-14(2)16-8-7-9-18(22(16)25)24(4,26)27/h7-11,13-14H,12H2,1-6H3,(H,28,29,30)/t13-,14-/m1/s1. The lowest BCUT2D eigenvalue weighted by Gasteiger charge is -2.21. The number of hydrogen-bond acceptors (Lipinski definition) is 6. The van der Waals surface area contributed by atoms with E-state index < -0.39 is 23.3 Å². The number of aryl methyl sites for hydroxylation is 1. The van der Waals surface area contributed by atoms with E-state index in [4.69, 9.17) is 14.2 Å². The maximum Gasteiger partial charge on any atom is 0.273 e. The molecule has 0 saturated heterocycles. The number of rotatable bonds is 9. The minimum absolute atomic E-state index is 0.109. The molecule has 1 aromatic heterocycles. The molecule has 0 bridgehead atoms. The van der Waals surface area contributed by atoms with Gasteiger partial charge in [0.05, 0.1) is 30.3 Å². The Bertz CT molecular complexity index is 1140. The van der Waals surface area contributed by atoms with Crippen LogP contribution < -0.4 is 14.8 Å². The number of hydrogen-bond donors (Lipinski definition) is 1. The van der Waals surface area contributed by atoms with E-state index in [0.29, 0.717) is 47.6 Å². The topological polar surface area (TPSA) is 65.5 Å². The van der Waals surface area contributed by atoms with E-state index in [9.17, 15) is 13.2 Å². The fourth-order valence-corrected chi connectivity index (χ4v) is 3.42.